The Balaban J connectivity index is 2.20. The normalized spacial score (nSPS) is 26.8. The van der Waals surface area contributed by atoms with Crippen LogP contribution in [-0.4, -0.2) is 12.8 Å². The summed E-state index contributed by atoms with van der Waals surface area (Å²) in [6, 6.07) is 4.68. The van der Waals surface area contributed by atoms with Crippen LogP contribution in [0.15, 0.2) is 18.2 Å². The second-order valence-electron chi connectivity index (χ2n) is 3.35. The third-order valence-corrected chi connectivity index (χ3v) is 2.56. The number of benzene rings is 1. The van der Waals surface area contributed by atoms with E-state index in [0.29, 0.717) is 0 Å². The van der Waals surface area contributed by atoms with Crippen molar-refractivity contribution in [1.82, 2.24) is 5.32 Å². The number of hydrogen-bond donors (Lipinski definition) is 1. The average Bonchev–Trinajstić information content (AvgIpc) is 2.57. The van der Waals surface area contributed by atoms with Crippen LogP contribution in [-0.2, 0) is 4.74 Å². The summed E-state index contributed by atoms with van der Waals surface area (Å²) in [6.45, 7) is 2.67. The van der Waals surface area contributed by atoms with Crippen LogP contribution in [0.4, 0.5) is 4.39 Å². The molecule has 2 atom stereocenters. The monoisotopic (exact) mass is 215 g/mol. The van der Waals surface area contributed by atoms with Gasteiger partial charge in [-0.05, 0) is 24.6 Å². The Morgan fingerprint density at radius 2 is 2.36 bits per heavy atom. The molecule has 14 heavy (non-hydrogen) atoms. The van der Waals surface area contributed by atoms with E-state index in [-0.39, 0.29) is 17.4 Å². The molecule has 4 heteroatoms. The van der Waals surface area contributed by atoms with E-state index in [1.807, 2.05) is 6.92 Å². The topological polar surface area (TPSA) is 21.3 Å². The van der Waals surface area contributed by atoms with Crippen LogP contribution in [0.5, 0.6) is 0 Å². The largest absolute Gasteiger partial charge is 0.354 e. The number of rotatable bonds is 1. The van der Waals surface area contributed by atoms with E-state index in [0.717, 1.165) is 12.1 Å². The minimum Gasteiger partial charge on any atom is -0.354 e. The summed E-state index contributed by atoms with van der Waals surface area (Å²) in [6.07, 6.45) is 0.0203. The predicted molar refractivity (Wildman–Crippen MR) is 52.7 cm³/mol. The zero-order chi connectivity index (χ0) is 10.1. The van der Waals surface area contributed by atoms with Gasteiger partial charge in [-0.25, -0.2) is 4.39 Å². The van der Waals surface area contributed by atoms with Crippen molar-refractivity contribution in [3.8, 4) is 0 Å². The molecule has 1 aromatic rings. The second kappa shape index (κ2) is 3.85. The molecule has 0 aromatic heterocycles. The molecule has 2 rings (SSSR count). The summed E-state index contributed by atoms with van der Waals surface area (Å²) in [5.74, 6) is -0.394. The van der Waals surface area contributed by atoms with E-state index in [1.165, 1.54) is 6.07 Å². The van der Waals surface area contributed by atoms with Gasteiger partial charge in [0.2, 0.25) is 0 Å². The fraction of sp³-hybridized carbons (Fsp3) is 0.400. The minimum atomic E-state index is -0.394. The van der Waals surface area contributed by atoms with Gasteiger partial charge < -0.3 is 4.74 Å². The first-order valence-electron chi connectivity index (χ1n) is 4.50. The first kappa shape index (κ1) is 9.90. The van der Waals surface area contributed by atoms with Gasteiger partial charge in [0.05, 0.1) is 11.1 Å². The molecule has 0 amide bonds. The van der Waals surface area contributed by atoms with Gasteiger partial charge in [-0.3, -0.25) is 5.32 Å². The zero-order valence-corrected chi connectivity index (χ0v) is 8.51. The average molecular weight is 216 g/mol. The Bertz CT molecular complexity index is 345. The predicted octanol–water partition coefficient (Wildman–Crippen LogP) is 2.49. The highest BCUT2D eigenvalue weighted by atomic mass is 35.5. The second-order valence-corrected chi connectivity index (χ2v) is 3.76. The van der Waals surface area contributed by atoms with Gasteiger partial charge in [-0.2, -0.15) is 0 Å². The molecule has 1 aliphatic heterocycles. The fourth-order valence-corrected chi connectivity index (χ4v) is 1.71. The van der Waals surface area contributed by atoms with Crippen molar-refractivity contribution >= 4 is 11.6 Å². The van der Waals surface area contributed by atoms with Gasteiger partial charge in [0.25, 0.3) is 0 Å². The summed E-state index contributed by atoms with van der Waals surface area (Å²) in [5.41, 5.74) is 0.910. The Kier molecular flexibility index (Phi) is 2.72. The molecule has 1 aromatic carbocycles. The number of ether oxygens (including phenoxy) is 1. The van der Waals surface area contributed by atoms with Crippen molar-refractivity contribution in [2.24, 2.45) is 0 Å². The summed E-state index contributed by atoms with van der Waals surface area (Å²) in [5, 5.41) is 3.29. The van der Waals surface area contributed by atoms with Gasteiger partial charge in [-0.15, -0.1) is 0 Å². The van der Waals surface area contributed by atoms with E-state index in [9.17, 15) is 4.39 Å². The minimum absolute atomic E-state index is 0.0249. The Hall–Kier alpha value is -0.640. The van der Waals surface area contributed by atoms with Crippen molar-refractivity contribution in [3.05, 3.63) is 34.6 Å². The smallest absolute Gasteiger partial charge is 0.141 e. The van der Waals surface area contributed by atoms with E-state index in [2.05, 4.69) is 5.32 Å². The van der Waals surface area contributed by atoms with E-state index >= 15 is 0 Å². The molecule has 76 valence electrons. The van der Waals surface area contributed by atoms with E-state index in [1.54, 1.807) is 12.1 Å². The van der Waals surface area contributed by atoms with Gasteiger partial charge in [0.15, 0.2) is 0 Å². The molecule has 0 aliphatic carbocycles. The highest BCUT2D eigenvalue weighted by molar-refractivity contribution is 6.30. The lowest BCUT2D eigenvalue weighted by molar-refractivity contribution is 0.0529. The highest BCUT2D eigenvalue weighted by Gasteiger charge is 2.22. The van der Waals surface area contributed by atoms with Crippen molar-refractivity contribution in [2.75, 3.05) is 6.54 Å². The summed E-state index contributed by atoms with van der Waals surface area (Å²) < 4.78 is 18.4. The first-order chi connectivity index (χ1) is 6.66. The van der Waals surface area contributed by atoms with E-state index in [4.69, 9.17) is 16.3 Å². The molecule has 1 fully saturated rings. The number of hydrogen-bond acceptors (Lipinski definition) is 2. The summed E-state index contributed by atoms with van der Waals surface area (Å²) in [4.78, 5) is 0. The van der Waals surface area contributed by atoms with Crippen molar-refractivity contribution in [3.63, 3.8) is 0 Å². The maximum absolute atomic E-state index is 12.9. The molecule has 1 N–H and O–H groups in total. The summed E-state index contributed by atoms with van der Waals surface area (Å²) in [7, 11) is 0. The molecule has 2 unspecified atom stereocenters. The van der Waals surface area contributed by atoms with Crippen LogP contribution in [0.2, 0.25) is 5.02 Å². The van der Waals surface area contributed by atoms with Crippen LogP contribution in [0.3, 0.4) is 0 Å². The molecule has 2 nitrogen and oxygen atoms in total. The van der Waals surface area contributed by atoms with Gasteiger partial charge >= 0.3 is 0 Å². The van der Waals surface area contributed by atoms with Crippen LogP contribution in [0, 0.1) is 5.82 Å². The van der Waals surface area contributed by atoms with Gasteiger partial charge in [0.1, 0.15) is 12.0 Å². The molecule has 0 saturated carbocycles. The van der Waals surface area contributed by atoms with Crippen LogP contribution < -0.4 is 5.32 Å². The standard InChI is InChI=1S/C10H11ClFNO/c1-6-13-5-10(14-6)7-2-3-9(12)8(11)4-7/h2-4,6,10,13H,5H2,1H3. The highest BCUT2D eigenvalue weighted by Crippen LogP contribution is 2.26. The van der Waals surface area contributed by atoms with E-state index < -0.39 is 5.82 Å². The maximum Gasteiger partial charge on any atom is 0.141 e. The third-order valence-electron chi connectivity index (χ3n) is 2.27. The summed E-state index contributed by atoms with van der Waals surface area (Å²) >= 11 is 5.68. The fourth-order valence-electron chi connectivity index (χ4n) is 1.52. The molecule has 1 heterocycles. The van der Waals surface area contributed by atoms with Crippen LogP contribution >= 0.6 is 11.6 Å². The third kappa shape index (κ3) is 1.90. The lowest BCUT2D eigenvalue weighted by atomic mass is 10.1. The lowest BCUT2D eigenvalue weighted by Gasteiger charge is -2.10. The molecule has 0 spiro atoms. The maximum atomic E-state index is 12.9. The van der Waals surface area contributed by atoms with Gasteiger partial charge in [-0.1, -0.05) is 17.7 Å². The zero-order valence-electron chi connectivity index (χ0n) is 7.76. The Morgan fingerprint density at radius 1 is 1.57 bits per heavy atom. The SMILES string of the molecule is CC1NCC(c2ccc(F)c(Cl)c2)O1. The lowest BCUT2D eigenvalue weighted by Crippen LogP contribution is -2.17. The van der Waals surface area contributed by atoms with Crippen molar-refractivity contribution in [2.45, 2.75) is 19.3 Å². The Morgan fingerprint density at radius 3 is 2.93 bits per heavy atom. The molecule has 1 aliphatic rings. The van der Waals surface area contributed by atoms with Crippen molar-refractivity contribution in [1.29, 1.82) is 0 Å². The molecule has 0 radical (unpaired) electrons. The van der Waals surface area contributed by atoms with Crippen molar-refractivity contribution < 1.29 is 9.13 Å². The Labute approximate surface area is 87.0 Å². The molecule has 0 bridgehead atoms. The number of nitrogens with one attached hydrogen (secondary N) is 1. The van der Waals surface area contributed by atoms with Crippen LogP contribution in [0.1, 0.15) is 18.6 Å². The van der Waals surface area contributed by atoms with Gasteiger partial charge in [0, 0.05) is 6.54 Å². The molecule has 1 saturated heterocycles. The quantitative estimate of drug-likeness (QED) is 0.777. The number of halogens is 2. The molecular weight excluding hydrogens is 205 g/mol. The molecular formula is C10H11ClFNO. The van der Waals surface area contributed by atoms with Crippen LogP contribution in [0.25, 0.3) is 0 Å². The first-order valence-corrected chi connectivity index (χ1v) is 4.88.